The lowest BCUT2D eigenvalue weighted by molar-refractivity contribution is -0.105. The minimum absolute atomic E-state index is 0.313. The first-order chi connectivity index (χ1) is 10.4. The van der Waals surface area contributed by atoms with Crippen molar-refractivity contribution in [2.24, 2.45) is 22.7 Å². The zero-order chi connectivity index (χ0) is 16.0. The van der Waals surface area contributed by atoms with Crippen molar-refractivity contribution in [1.82, 2.24) is 0 Å². The maximum absolute atomic E-state index is 11.2. The zero-order valence-corrected chi connectivity index (χ0v) is 14.3. The number of allylic oxidation sites excluding steroid dienone is 2. The summed E-state index contributed by atoms with van der Waals surface area (Å²) in [7, 11) is 0. The first-order valence-corrected chi connectivity index (χ1v) is 8.88. The molecule has 0 aromatic carbocycles. The normalized spacial score (nSPS) is 43.5. The Bertz CT molecular complexity index is 514. The van der Waals surface area contributed by atoms with Gasteiger partial charge in [-0.2, -0.15) is 0 Å². The maximum atomic E-state index is 11.2. The molecular weight excluding hydrogens is 272 g/mol. The fourth-order valence-electron chi connectivity index (χ4n) is 5.72. The number of aliphatic hydroxyl groups is 1. The van der Waals surface area contributed by atoms with E-state index in [0.29, 0.717) is 29.1 Å². The molecule has 22 heavy (non-hydrogen) atoms. The molecule has 0 bridgehead atoms. The third kappa shape index (κ3) is 2.60. The summed E-state index contributed by atoms with van der Waals surface area (Å²) in [6.07, 6.45) is 12.4. The molecule has 3 aliphatic carbocycles. The van der Waals surface area contributed by atoms with E-state index in [-0.39, 0.29) is 0 Å². The summed E-state index contributed by atoms with van der Waals surface area (Å²) in [6, 6.07) is 0. The van der Waals surface area contributed by atoms with E-state index in [2.05, 4.69) is 32.9 Å². The molecule has 0 amide bonds. The Morgan fingerprint density at radius 3 is 2.64 bits per heavy atom. The van der Waals surface area contributed by atoms with Crippen LogP contribution in [0.25, 0.3) is 0 Å². The number of aldehydes is 1. The van der Waals surface area contributed by atoms with Gasteiger partial charge < -0.3 is 5.11 Å². The lowest BCUT2D eigenvalue weighted by atomic mass is 9.47. The summed E-state index contributed by atoms with van der Waals surface area (Å²) in [4.78, 5) is 11.2. The Morgan fingerprint density at radius 1 is 1.14 bits per heavy atom. The van der Waals surface area contributed by atoms with Gasteiger partial charge in [0.05, 0.1) is 6.10 Å². The van der Waals surface area contributed by atoms with Crippen molar-refractivity contribution in [2.75, 3.05) is 0 Å². The second-order valence-corrected chi connectivity index (χ2v) is 8.66. The van der Waals surface area contributed by atoms with Gasteiger partial charge in [-0.05, 0) is 60.3 Å². The monoisotopic (exact) mass is 302 g/mol. The molecule has 1 N–H and O–H groups in total. The number of hydrogen-bond donors (Lipinski definition) is 1. The molecule has 0 aliphatic heterocycles. The van der Waals surface area contributed by atoms with Crippen LogP contribution in [-0.2, 0) is 4.79 Å². The van der Waals surface area contributed by atoms with Crippen LogP contribution < -0.4 is 0 Å². The smallest absolute Gasteiger partial charge is 0.145 e. The van der Waals surface area contributed by atoms with Gasteiger partial charge >= 0.3 is 0 Å². The van der Waals surface area contributed by atoms with Gasteiger partial charge in [0.15, 0.2) is 0 Å². The Hall–Kier alpha value is -0.890. The molecule has 2 nitrogen and oxygen atoms in total. The Morgan fingerprint density at radius 2 is 1.91 bits per heavy atom. The highest BCUT2D eigenvalue weighted by atomic mass is 16.3. The molecule has 122 valence electrons. The topological polar surface area (TPSA) is 37.3 Å². The summed E-state index contributed by atoms with van der Waals surface area (Å²) in [5, 5.41) is 10.3. The highest BCUT2D eigenvalue weighted by molar-refractivity contribution is 5.73. The molecule has 0 saturated heterocycles. The highest BCUT2D eigenvalue weighted by Gasteiger charge is 2.52. The van der Waals surface area contributed by atoms with Crippen molar-refractivity contribution < 1.29 is 9.90 Å². The van der Waals surface area contributed by atoms with Gasteiger partial charge in [-0.25, -0.2) is 0 Å². The maximum Gasteiger partial charge on any atom is 0.145 e. The molecule has 0 unspecified atom stereocenters. The van der Waals surface area contributed by atoms with Crippen LogP contribution in [-0.4, -0.2) is 17.5 Å². The second-order valence-electron chi connectivity index (χ2n) is 8.66. The van der Waals surface area contributed by atoms with Crippen LogP contribution >= 0.6 is 0 Å². The molecule has 3 aliphatic rings. The van der Waals surface area contributed by atoms with Crippen molar-refractivity contribution >= 4 is 6.29 Å². The predicted octanol–water partition coefficient (Wildman–Crippen LogP) is 4.44. The van der Waals surface area contributed by atoms with E-state index in [1.165, 1.54) is 24.8 Å². The molecule has 0 aromatic rings. The lowest BCUT2D eigenvalue weighted by Gasteiger charge is -2.57. The first kappa shape index (κ1) is 16.0. The summed E-state index contributed by atoms with van der Waals surface area (Å²) in [5.74, 6) is 1.21. The van der Waals surface area contributed by atoms with E-state index < -0.39 is 6.10 Å². The zero-order valence-electron chi connectivity index (χ0n) is 14.3. The van der Waals surface area contributed by atoms with E-state index in [0.717, 1.165) is 31.1 Å². The van der Waals surface area contributed by atoms with Crippen LogP contribution in [0.5, 0.6) is 0 Å². The molecule has 2 heteroatoms. The van der Waals surface area contributed by atoms with Crippen LogP contribution in [0.2, 0.25) is 0 Å². The van der Waals surface area contributed by atoms with Gasteiger partial charge in [0.1, 0.15) is 6.29 Å². The fraction of sp³-hybridized carbons (Fsp3) is 0.750. The predicted molar refractivity (Wildman–Crippen MR) is 89.4 cm³/mol. The SMILES string of the molecule is CC1(C)CCC[C@]2(C)[C@@H]3C/C=C(/C=O)C[C@@H](O)CC3=CC[C@@H]12. The molecular formula is C20H30O2. The molecule has 3 rings (SSSR count). The van der Waals surface area contributed by atoms with Crippen LogP contribution in [0.1, 0.15) is 65.7 Å². The van der Waals surface area contributed by atoms with Gasteiger partial charge in [-0.3, -0.25) is 4.79 Å². The minimum atomic E-state index is -0.401. The molecule has 1 fully saturated rings. The van der Waals surface area contributed by atoms with E-state index in [1.54, 1.807) is 0 Å². The number of carbonyl (C=O) groups is 1. The summed E-state index contributed by atoms with van der Waals surface area (Å²) in [5.41, 5.74) is 2.94. The van der Waals surface area contributed by atoms with Gasteiger partial charge in [0.2, 0.25) is 0 Å². The number of aliphatic hydroxyl groups excluding tert-OH is 1. The van der Waals surface area contributed by atoms with Crippen LogP contribution in [0.3, 0.4) is 0 Å². The molecule has 0 spiro atoms. The van der Waals surface area contributed by atoms with Gasteiger partial charge in [-0.1, -0.05) is 44.9 Å². The number of carbonyl (C=O) groups excluding carboxylic acids is 1. The summed E-state index contributed by atoms with van der Waals surface area (Å²) < 4.78 is 0. The van der Waals surface area contributed by atoms with E-state index in [1.807, 2.05) is 0 Å². The third-order valence-electron chi connectivity index (χ3n) is 6.85. The summed E-state index contributed by atoms with van der Waals surface area (Å²) in [6.45, 7) is 7.33. The lowest BCUT2D eigenvalue weighted by Crippen LogP contribution is -2.49. The summed E-state index contributed by atoms with van der Waals surface area (Å²) >= 11 is 0. The van der Waals surface area contributed by atoms with E-state index in [9.17, 15) is 9.90 Å². The standard InChI is InChI=1S/C20H30O2/c1-19(2)9-4-10-20(3)17-7-5-14(13-21)11-16(22)12-15(17)6-8-18(19)20/h5-6,13,16-18,22H,4,7-12H2,1-3H3/b14-5+/t16-,17-,18+,20-/m1/s1. The quantitative estimate of drug-likeness (QED) is 0.574. The number of rotatable bonds is 1. The molecule has 0 radical (unpaired) electrons. The van der Waals surface area contributed by atoms with Gasteiger partial charge in [-0.15, -0.1) is 0 Å². The highest BCUT2D eigenvalue weighted by Crippen LogP contribution is 2.61. The Kier molecular flexibility index (Phi) is 4.09. The average molecular weight is 302 g/mol. The Balaban J connectivity index is 1.99. The van der Waals surface area contributed by atoms with Crippen molar-refractivity contribution in [1.29, 1.82) is 0 Å². The molecule has 4 atom stereocenters. The van der Waals surface area contributed by atoms with E-state index in [4.69, 9.17) is 0 Å². The number of hydrogen-bond acceptors (Lipinski definition) is 2. The Labute approximate surface area is 134 Å². The number of fused-ring (bicyclic) bond motifs is 3. The van der Waals surface area contributed by atoms with Gasteiger partial charge in [0.25, 0.3) is 0 Å². The fourth-order valence-corrected chi connectivity index (χ4v) is 5.72. The van der Waals surface area contributed by atoms with Crippen molar-refractivity contribution in [3.05, 3.63) is 23.3 Å². The van der Waals surface area contributed by atoms with Crippen molar-refractivity contribution in [2.45, 2.75) is 71.8 Å². The van der Waals surface area contributed by atoms with E-state index >= 15 is 0 Å². The molecule has 0 heterocycles. The molecule has 1 saturated carbocycles. The molecule has 0 aromatic heterocycles. The van der Waals surface area contributed by atoms with Crippen molar-refractivity contribution in [3.63, 3.8) is 0 Å². The van der Waals surface area contributed by atoms with Gasteiger partial charge in [0, 0.05) is 6.42 Å². The van der Waals surface area contributed by atoms with Crippen LogP contribution in [0.15, 0.2) is 23.3 Å². The van der Waals surface area contributed by atoms with Crippen LogP contribution in [0.4, 0.5) is 0 Å². The van der Waals surface area contributed by atoms with Crippen molar-refractivity contribution in [3.8, 4) is 0 Å². The average Bonchev–Trinajstić information content (AvgIpc) is 2.41. The third-order valence-corrected chi connectivity index (χ3v) is 6.85. The van der Waals surface area contributed by atoms with Crippen LogP contribution in [0, 0.1) is 22.7 Å². The minimum Gasteiger partial charge on any atom is -0.392 e. The largest absolute Gasteiger partial charge is 0.392 e. The first-order valence-electron chi connectivity index (χ1n) is 8.88. The second kappa shape index (κ2) is 5.63.